The predicted octanol–water partition coefficient (Wildman–Crippen LogP) is 3.13. The highest BCUT2D eigenvalue weighted by Crippen LogP contribution is 2.29. The zero-order valence-corrected chi connectivity index (χ0v) is 18.3. The number of carbonyl (C=O) groups is 1. The molecule has 2 fully saturated rings. The van der Waals surface area contributed by atoms with Crippen molar-refractivity contribution >= 4 is 15.9 Å². The molecule has 0 aliphatic carbocycles. The minimum absolute atomic E-state index is 0.0567. The van der Waals surface area contributed by atoms with E-state index in [0.29, 0.717) is 49.2 Å². The second kappa shape index (κ2) is 8.51. The van der Waals surface area contributed by atoms with Gasteiger partial charge in [-0.15, -0.1) is 0 Å². The van der Waals surface area contributed by atoms with Crippen LogP contribution in [0.25, 0.3) is 11.4 Å². The Kier molecular flexibility index (Phi) is 5.56. The molecule has 0 radical (unpaired) electrons. The van der Waals surface area contributed by atoms with Crippen LogP contribution in [0.1, 0.15) is 48.0 Å². The molecule has 2 aliphatic heterocycles. The Balaban J connectivity index is 1.30. The molecule has 4 heterocycles. The van der Waals surface area contributed by atoms with Crippen LogP contribution in [-0.4, -0.2) is 59.8 Å². The Morgan fingerprint density at radius 3 is 2.53 bits per heavy atom. The first kappa shape index (κ1) is 20.9. The van der Waals surface area contributed by atoms with Gasteiger partial charge in [0, 0.05) is 31.7 Å². The van der Waals surface area contributed by atoms with E-state index in [9.17, 15) is 13.2 Å². The van der Waals surface area contributed by atoms with Gasteiger partial charge in [0.15, 0.2) is 5.76 Å². The normalized spacial score (nSPS) is 20.0. The van der Waals surface area contributed by atoms with E-state index >= 15 is 0 Å². The molecule has 0 bridgehead atoms. The van der Waals surface area contributed by atoms with Gasteiger partial charge in [0.05, 0.1) is 17.1 Å². The molecule has 0 saturated carbocycles. The molecule has 32 heavy (non-hydrogen) atoms. The Hall–Kier alpha value is -2.98. The Morgan fingerprint density at radius 2 is 1.81 bits per heavy atom. The highest BCUT2D eigenvalue weighted by molar-refractivity contribution is 7.89. The van der Waals surface area contributed by atoms with Crippen LogP contribution < -0.4 is 0 Å². The summed E-state index contributed by atoms with van der Waals surface area (Å²) in [7, 11) is -3.46. The number of piperidine rings is 1. The van der Waals surface area contributed by atoms with E-state index in [0.717, 1.165) is 25.7 Å². The standard InChI is InChI=1S/C22H24N4O5S/c27-22(19-6-4-14-30-19)25-11-3-5-17(15-25)21-23-20(24-31-21)16-7-9-18(10-8-16)32(28,29)26-12-1-2-13-26/h4,6-10,14,17H,1-3,5,11-13,15H2/t17-/m0/s1. The molecule has 2 aromatic heterocycles. The first-order valence-corrected chi connectivity index (χ1v) is 12.2. The van der Waals surface area contributed by atoms with E-state index in [1.807, 2.05) is 0 Å². The lowest BCUT2D eigenvalue weighted by atomic mass is 9.97. The molecule has 2 saturated heterocycles. The number of sulfonamides is 1. The zero-order valence-electron chi connectivity index (χ0n) is 17.5. The number of nitrogens with zero attached hydrogens (tertiary/aromatic N) is 4. The van der Waals surface area contributed by atoms with Crippen molar-refractivity contribution in [1.29, 1.82) is 0 Å². The number of hydrogen-bond donors (Lipinski definition) is 0. The molecule has 5 rings (SSSR count). The average Bonchev–Trinajstić information content (AvgIpc) is 3.61. The van der Waals surface area contributed by atoms with Gasteiger partial charge in [-0.2, -0.15) is 9.29 Å². The van der Waals surface area contributed by atoms with Crippen LogP contribution in [0.3, 0.4) is 0 Å². The van der Waals surface area contributed by atoms with Crippen molar-refractivity contribution in [2.45, 2.75) is 36.5 Å². The summed E-state index contributed by atoms with van der Waals surface area (Å²) in [4.78, 5) is 19.1. The second-order valence-electron chi connectivity index (χ2n) is 8.16. The molecular formula is C22H24N4O5S. The largest absolute Gasteiger partial charge is 0.459 e. The number of hydrogen-bond acceptors (Lipinski definition) is 7. The summed E-state index contributed by atoms with van der Waals surface area (Å²) < 4.78 is 37.7. The summed E-state index contributed by atoms with van der Waals surface area (Å²) in [6.07, 6.45) is 4.96. The molecule has 2 aliphatic rings. The number of rotatable bonds is 5. The fraction of sp³-hybridized carbons (Fsp3) is 0.409. The third-order valence-corrected chi connectivity index (χ3v) is 7.96. The number of likely N-dealkylation sites (tertiary alicyclic amines) is 1. The van der Waals surface area contributed by atoms with Gasteiger partial charge in [0.2, 0.25) is 21.7 Å². The molecule has 1 amide bonds. The quantitative estimate of drug-likeness (QED) is 0.580. The van der Waals surface area contributed by atoms with Gasteiger partial charge >= 0.3 is 0 Å². The third-order valence-electron chi connectivity index (χ3n) is 6.05. The van der Waals surface area contributed by atoms with Crippen LogP contribution in [0.2, 0.25) is 0 Å². The lowest BCUT2D eigenvalue weighted by molar-refractivity contribution is 0.0663. The summed E-state index contributed by atoms with van der Waals surface area (Å²) in [5, 5.41) is 4.08. The van der Waals surface area contributed by atoms with Crippen LogP contribution >= 0.6 is 0 Å². The number of carbonyl (C=O) groups excluding carboxylic acids is 1. The summed E-state index contributed by atoms with van der Waals surface area (Å²) >= 11 is 0. The van der Waals surface area contributed by atoms with Gasteiger partial charge in [-0.05, 0) is 62.1 Å². The van der Waals surface area contributed by atoms with Crippen LogP contribution in [-0.2, 0) is 10.0 Å². The molecule has 168 valence electrons. The van der Waals surface area contributed by atoms with Gasteiger partial charge in [0.1, 0.15) is 0 Å². The SMILES string of the molecule is O=C(c1ccco1)N1CCC[C@H](c2nc(-c3ccc(S(=O)(=O)N4CCCC4)cc3)no2)C1. The summed E-state index contributed by atoms with van der Waals surface area (Å²) in [6.45, 7) is 2.27. The molecule has 0 N–H and O–H groups in total. The Labute approximate surface area is 186 Å². The van der Waals surface area contributed by atoms with E-state index in [-0.39, 0.29) is 16.7 Å². The van der Waals surface area contributed by atoms with Gasteiger partial charge in [-0.3, -0.25) is 4.79 Å². The topological polar surface area (TPSA) is 110 Å². The highest BCUT2D eigenvalue weighted by atomic mass is 32.2. The van der Waals surface area contributed by atoms with Gasteiger partial charge in [0.25, 0.3) is 5.91 Å². The van der Waals surface area contributed by atoms with E-state index in [4.69, 9.17) is 8.94 Å². The van der Waals surface area contributed by atoms with Crippen molar-refractivity contribution in [2.24, 2.45) is 0 Å². The summed E-state index contributed by atoms with van der Waals surface area (Å²) in [5.74, 6) is 0.999. The molecule has 3 aromatic rings. The van der Waals surface area contributed by atoms with Crippen molar-refractivity contribution in [2.75, 3.05) is 26.2 Å². The van der Waals surface area contributed by atoms with Crippen molar-refractivity contribution in [1.82, 2.24) is 19.3 Å². The molecule has 1 atom stereocenters. The first-order chi connectivity index (χ1) is 15.5. The van der Waals surface area contributed by atoms with Crippen LogP contribution in [0.15, 0.2) is 56.5 Å². The average molecular weight is 457 g/mol. The summed E-state index contributed by atoms with van der Waals surface area (Å²) in [5.41, 5.74) is 0.680. The fourth-order valence-corrected chi connectivity index (χ4v) is 5.81. The molecule has 10 heteroatoms. The number of amides is 1. The molecule has 9 nitrogen and oxygen atoms in total. The Bertz CT molecular complexity index is 1180. The third kappa shape index (κ3) is 3.95. The van der Waals surface area contributed by atoms with Gasteiger partial charge < -0.3 is 13.8 Å². The number of aromatic nitrogens is 2. The monoisotopic (exact) mass is 456 g/mol. The molecular weight excluding hydrogens is 432 g/mol. The van der Waals surface area contributed by atoms with Crippen molar-refractivity contribution in [3.63, 3.8) is 0 Å². The van der Waals surface area contributed by atoms with Gasteiger partial charge in [-0.1, -0.05) is 5.16 Å². The van der Waals surface area contributed by atoms with Crippen molar-refractivity contribution < 1.29 is 22.2 Å². The highest BCUT2D eigenvalue weighted by Gasteiger charge is 2.30. The summed E-state index contributed by atoms with van der Waals surface area (Å²) in [6, 6.07) is 9.92. The molecule has 0 unspecified atom stereocenters. The smallest absolute Gasteiger partial charge is 0.289 e. The van der Waals surface area contributed by atoms with Crippen molar-refractivity contribution in [3.05, 3.63) is 54.3 Å². The number of furan rings is 1. The maximum absolute atomic E-state index is 12.7. The maximum Gasteiger partial charge on any atom is 0.289 e. The van der Waals surface area contributed by atoms with E-state index in [2.05, 4.69) is 10.1 Å². The zero-order chi connectivity index (χ0) is 22.1. The minimum atomic E-state index is -3.46. The first-order valence-electron chi connectivity index (χ1n) is 10.8. The molecule has 1 aromatic carbocycles. The number of benzene rings is 1. The fourth-order valence-electron chi connectivity index (χ4n) is 4.29. The maximum atomic E-state index is 12.7. The van der Waals surface area contributed by atoms with Crippen molar-refractivity contribution in [3.8, 4) is 11.4 Å². The van der Waals surface area contributed by atoms with Crippen LogP contribution in [0, 0.1) is 0 Å². The van der Waals surface area contributed by atoms with Crippen LogP contribution in [0.4, 0.5) is 0 Å². The minimum Gasteiger partial charge on any atom is -0.459 e. The van der Waals surface area contributed by atoms with Crippen LogP contribution in [0.5, 0.6) is 0 Å². The lowest BCUT2D eigenvalue weighted by Crippen LogP contribution is -2.39. The second-order valence-corrected chi connectivity index (χ2v) is 10.1. The van der Waals surface area contributed by atoms with Gasteiger partial charge in [-0.25, -0.2) is 8.42 Å². The van der Waals surface area contributed by atoms with E-state index in [1.165, 1.54) is 10.6 Å². The van der Waals surface area contributed by atoms with E-state index < -0.39 is 10.0 Å². The predicted molar refractivity (Wildman–Crippen MR) is 114 cm³/mol. The van der Waals surface area contributed by atoms with E-state index in [1.54, 1.807) is 41.3 Å². The Morgan fingerprint density at radius 1 is 1.03 bits per heavy atom. The molecule has 0 spiro atoms. The lowest BCUT2D eigenvalue weighted by Gasteiger charge is -2.30.